The van der Waals surface area contributed by atoms with E-state index in [1.807, 2.05) is 6.07 Å². The van der Waals surface area contributed by atoms with E-state index in [2.05, 4.69) is 24.4 Å². The van der Waals surface area contributed by atoms with Gasteiger partial charge in [-0.3, -0.25) is 4.79 Å². The number of amides is 1. The van der Waals surface area contributed by atoms with E-state index in [0.717, 1.165) is 12.8 Å². The van der Waals surface area contributed by atoms with Gasteiger partial charge in [-0.05, 0) is 45.2 Å². The fourth-order valence-electron chi connectivity index (χ4n) is 4.39. The van der Waals surface area contributed by atoms with Crippen molar-refractivity contribution in [3.8, 4) is 0 Å². The average molecular weight is 506 g/mol. The smallest absolute Gasteiger partial charge is 0.336 e. The third-order valence-corrected chi connectivity index (χ3v) is 6.13. The molecule has 0 radical (unpaired) electrons. The number of nitrogens with one attached hydrogen (secondary N) is 1. The topological polar surface area (TPSA) is 92.3 Å². The Morgan fingerprint density at radius 2 is 1.78 bits per heavy atom. The van der Waals surface area contributed by atoms with Crippen molar-refractivity contribution in [2.45, 2.75) is 89.3 Å². The highest BCUT2D eigenvalue weighted by Crippen LogP contribution is 2.37. The minimum atomic E-state index is -1.66. The number of hydrogen-bond acceptors (Lipinski definition) is 7. The van der Waals surface area contributed by atoms with E-state index in [-0.39, 0.29) is 13.4 Å². The first-order valence-electron chi connectivity index (χ1n) is 12.8. The molecule has 0 spiro atoms. The van der Waals surface area contributed by atoms with Gasteiger partial charge in [0.1, 0.15) is 12.9 Å². The zero-order valence-corrected chi connectivity index (χ0v) is 22.4. The van der Waals surface area contributed by atoms with Gasteiger partial charge in [0.25, 0.3) is 5.91 Å². The number of hydrogen-bond donors (Lipinski definition) is 1. The number of allylic oxidation sites excluding steroid dienone is 1. The maximum atomic E-state index is 13.3. The minimum Gasteiger partial charge on any atom is -0.467 e. The van der Waals surface area contributed by atoms with Gasteiger partial charge in [0.15, 0.2) is 11.3 Å². The number of rotatable bonds is 16. The molecule has 0 unspecified atom stereocenters. The van der Waals surface area contributed by atoms with Crippen LogP contribution < -0.4 is 5.32 Å². The van der Waals surface area contributed by atoms with Crippen LogP contribution in [0.3, 0.4) is 0 Å². The number of esters is 1. The van der Waals surface area contributed by atoms with E-state index < -0.39 is 35.4 Å². The van der Waals surface area contributed by atoms with Crippen LogP contribution in [-0.4, -0.2) is 63.0 Å². The zero-order valence-electron chi connectivity index (χ0n) is 22.4. The Morgan fingerprint density at radius 3 is 2.44 bits per heavy atom. The summed E-state index contributed by atoms with van der Waals surface area (Å²) in [4.78, 5) is 26.6. The van der Waals surface area contributed by atoms with Crippen molar-refractivity contribution in [1.82, 2.24) is 5.32 Å². The second-order valence-electron chi connectivity index (χ2n) is 9.54. The number of ether oxygens (including phenoxy) is 5. The Kier molecular flexibility index (Phi) is 12.6. The van der Waals surface area contributed by atoms with Crippen molar-refractivity contribution in [3.05, 3.63) is 48.0 Å². The molecule has 1 aromatic carbocycles. The van der Waals surface area contributed by atoms with Crippen molar-refractivity contribution in [2.24, 2.45) is 0 Å². The van der Waals surface area contributed by atoms with E-state index in [1.54, 1.807) is 38.1 Å². The number of benzene rings is 1. The maximum absolute atomic E-state index is 13.3. The Hall–Kier alpha value is -2.26. The molecule has 1 N–H and O–H groups in total. The van der Waals surface area contributed by atoms with E-state index in [9.17, 15) is 9.59 Å². The van der Waals surface area contributed by atoms with Gasteiger partial charge in [-0.2, -0.15) is 0 Å². The van der Waals surface area contributed by atoms with E-state index in [1.165, 1.54) is 39.9 Å². The molecule has 1 heterocycles. The highest BCUT2D eigenvalue weighted by atomic mass is 16.8. The molecule has 202 valence electrons. The predicted molar refractivity (Wildman–Crippen MR) is 137 cm³/mol. The average Bonchev–Trinajstić information content (AvgIpc) is 3.19. The molecule has 0 aliphatic carbocycles. The molecule has 8 heteroatoms. The SMILES string of the molecule is CCCCCCC/C=C/C[C@H]1OC(C)(C)O[C@@H]1[C@@](COCOC)(NC(=O)c1ccccc1)C(=O)OC. The van der Waals surface area contributed by atoms with Gasteiger partial charge < -0.3 is 29.0 Å². The Labute approximate surface area is 215 Å². The van der Waals surface area contributed by atoms with Gasteiger partial charge in [0.2, 0.25) is 0 Å². The third kappa shape index (κ3) is 8.69. The van der Waals surface area contributed by atoms with Crippen molar-refractivity contribution < 1.29 is 33.3 Å². The van der Waals surface area contributed by atoms with Crippen LogP contribution in [0.4, 0.5) is 0 Å². The van der Waals surface area contributed by atoms with E-state index in [0.29, 0.717) is 12.0 Å². The fourth-order valence-corrected chi connectivity index (χ4v) is 4.39. The van der Waals surface area contributed by atoms with Crippen molar-refractivity contribution in [1.29, 1.82) is 0 Å². The molecule has 2 rings (SSSR count). The summed E-state index contributed by atoms with van der Waals surface area (Å²) < 4.78 is 28.3. The second kappa shape index (κ2) is 15.1. The van der Waals surface area contributed by atoms with Crippen molar-refractivity contribution in [2.75, 3.05) is 27.6 Å². The molecule has 1 fully saturated rings. The standard InChI is InChI=1S/C28H43NO7/c1-6-7-8-9-10-11-12-16-19-23-24(36-27(2,3)35-23)28(26(31)33-5,20-34-21-32-4)29-25(30)22-17-14-13-15-18-22/h12-18,23-24H,6-11,19-21H2,1-5H3,(H,29,30)/b16-12+/t23-,24+,28-/m1/s1. The van der Waals surface area contributed by atoms with E-state index >= 15 is 0 Å². The molecule has 0 bridgehead atoms. The molecule has 1 aliphatic heterocycles. The Balaban J connectivity index is 2.28. The zero-order chi connectivity index (χ0) is 26.4. The summed E-state index contributed by atoms with van der Waals surface area (Å²) in [7, 11) is 2.76. The lowest BCUT2D eigenvalue weighted by Gasteiger charge is -2.37. The monoisotopic (exact) mass is 505 g/mol. The van der Waals surface area contributed by atoms with Gasteiger partial charge >= 0.3 is 5.97 Å². The Morgan fingerprint density at radius 1 is 1.06 bits per heavy atom. The summed E-state index contributed by atoms with van der Waals surface area (Å²) in [5, 5.41) is 2.87. The van der Waals surface area contributed by atoms with Crippen LogP contribution in [0, 0.1) is 0 Å². The lowest BCUT2D eigenvalue weighted by Crippen LogP contribution is -2.67. The molecular weight excluding hydrogens is 462 g/mol. The number of unbranched alkanes of at least 4 members (excludes halogenated alkanes) is 5. The number of carbonyl (C=O) groups excluding carboxylic acids is 2. The first-order valence-corrected chi connectivity index (χ1v) is 12.8. The quantitative estimate of drug-likeness (QED) is 0.150. The summed E-state index contributed by atoms with van der Waals surface area (Å²) in [5.74, 6) is -2.10. The van der Waals surface area contributed by atoms with Gasteiger partial charge in [0.05, 0.1) is 19.8 Å². The molecule has 8 nitrogen and oxygen atoms in total. The van der Waals surface area contributed by atoms with Gasteiger partial charge in [-0.1, -0.05) is 63.0 Å². The molecular formula is C28H43NO7. The van der Waals surface area contributed by atoms with E-state index in [4.69, 9.17) is 23.7 Å². The molecule has 36 heavy (non-hydrogen) atoms. The fraction of sp³-hybridized carbons (Fsp3) is 0.643. The summed E-state index contributed by atoms with van der Waals surface area (Å²) in [5.41, 5.74) is -1.26. The minimum absolute atomic E-state index is 0.0699. The van der Waals surface area contributed by atoms with Crippen LogP contribution in [0.2, 0.25) is 0 Å². The van der Waals surface area contributed by atoms with Crippen LogP contribution in [0.15, 0.2) is 42.5 Å². The Bertz CT molecular complexity index is 826. The summed E-state index contributed by atoms with van der Waals surface area (Å²) in [6.07, 6.45) is 10.4. The number of carbonyl (C=O) groups is 2. The predicted octanol–water partition coefficient (Wildman–Crippen LogP) is 4.78. The van der Waals surface area contributed by atoms with Gasteiger partial charge in [-0.15, -0.1) is 0 Å². The molecule has 1 saturated heterocycles. The van der Waals surface area contributed by atoms with Crippen molar-refractivity contribution in [3.63, 3.8) is 0 Å². The van der Waals surface area contributed by atoms with Crippen LogP contribution in [0.5, 0.6) is 0 Å². The molecule has 0 aromatic heterocycles. The highest BCUT2D eigenvalue weighted by Gasteiger charge is 2.58. The molecule has 1 aromatic rings. The highest BCUT2D eigenvalue weighted by molar-refractivity contribution is 5.98. The van der Waals surface area contributed by atoms with Gasteiger partial charge in [-0.25, -0.2) is 4.79 Å². The molecule has 0 saturated carbocycles. The third-order valence-electron chi connectivity index (χ3n) is 6.13. The van der Waals surface area contributed by atoms with Crippen LogP contribution >= 0.6 is 0 Å². The first kappa shape index (κ1) is 30.0. The molecule has 1 amide bonds. The molecule has 1 aliphatic rings. The summed E-state index contributed by atoms with van der Waals surface area (Å²) in [6, 6.07) is 8.66. The van der Waals surface area contributed by atoms with Crippen LogP contribution in [0.1, 0.15) is 76.1 Å². The van der Waals surface area contributed by atoms with Crippen LogP contribution in [0.25, 0.3) is 0 Å². The van der Waals surface area contributed by atoms with Crippen LogP contribution in [-0.2, 0) is 28.5 Å². The van der Waals surface area contributed by atoms with Gasteiger partial charge in [0, 0.05) is 12.7 Å². The lowest BCUT2D eigenvalue weighted by atomic mass is 9.87. The second-order valence-corrected chi connectivity index (χ2v) is 9.54. The van der Waals surface area contributed by atoms with Crippen molar-refractivity contribution >= 4 is 11.9 Å². The summed E-state index contributed by atoms with van der Waals surface area (Å²) in [6.45, 7) is 5.49. The normalized spacial score (nSPS) is 20.8. The lowest BCUT2D eigenvalue weighted by molar-refractivity contribution is -0.175. The first-order chi connectivity index (χ1) is 17.3. The maximum Gasteiger partial charge on any atom is 0.336 e. The molecule has 3 atom stereocenters. The summed E-state index contributed by atoms with van der Waals surface area (Å²) >= 11 is 0. The number of methoxy groups -OCH3 is 2. The largest absolute Gasteiger partial charge is 0.467 e.